The number of rotatable bonds is 5. The second-order valence-corrected chi connectivity index (χ2v) is 14.2. The first-order chi connectivity index (χ1) is 19.3. The van der Waals surface area contributed by atoms with Crippen LogP contribution in [0.3, 0.4) is 0 Å². The quantitative estimate of drug-likeness (QED) is 0.430. The number of benzene rings is 1. The van der Waals surface area contributed by atoms with Crippen molar-refractivity contribution in [2.24, 2.45) is 29.1 Å². The molecule has 0 amide bonds. The van der Waals surface area contributed by atoms with Crippen LogP contribution in [-0.4, -0.2) is 53.3 Å². The SMILES string of the molecule is C=CC[C@]1(O)CC[C@H]2[C@@H]3CC[C@@]4(O)CC5(CCC4C3[C@@H](c3ccc(OC4CCCCO4)cc3)C[C@@]21C)OCCO5. The first-order valence-corrected chi connectivity index (χ1v) is 16.0. The van der Waals surface area contributed by atoms with Crippen molar-refractivity contribution < 1.29 is 29.2 Å². The molecule has 4 aliphatic carbocycles. The van der Waals surface area contributed by atoms with Gasteiger partial charge in [0.15, 0.2) is 12.1 Å². The molecule has 1 spiro atoms. The molecule has 9 atom stereocenters. The Kier molecular flexibility index (Phi) is 6.91. The van der Waals surface area contributed by atoms with Gasteiger partial charge in [0.05, 0.1) is 31.0 Å². The highest BCUT2D eigenvalue weighted by Crippen LogP contribution is 2.70. The van der Waals surface area contributed by atoms with E-state index < -0.39 is 17.0 Å². The highest BCUT2D eigenvalue weighted by molar-refractivity contribution is 5.33. The lowest BCUT2D eigenvalue weighted by Gasteiger charge is -2.63. The molecule has 2 saturated heterocycles. The third-order valence-electron chi connectivity index (χ3n) is 12.4. The highest BCUT2D eigenvalue weighted by Gasteiger charge is 2.67. The van der Waals surface area contributed by atoms with E-state index in [1.807, 2.05) is 6.08 Å². The van der Waals surface area contributed by atoms with Crippen LogP contribution in [0.15, 0.2) is 36.9 Å². The Morgan fingerprint density at radius 3 is 2.45 bits per heavy atom. The molecule has 1 aromatic carbocycles. The predicted octanol–water partition coefficient (Wildman–Crippen LogP) is 6.10. The Morgan fingerprint density at radius 2 is 1.73 bits per heavy atom. The van der Waals surface area contributed by atoms with Crippen molar-refractivity contribution >= 4 is 0 Å². The third-order valence-corrected chi connectivity index (χ3v) is 12.4. The van der Waals surface area contributed by atoms with Gasteiger partial charge in [-0.15, -0.1) is 6.58 Å². The summed E-state index contributed by atoms with van der Waals surface area (Å²) in [6.07, 6.45) is 12.6. The Bertz CT molecular complexity index is 1080. The molecule has 2 N–H and O–H groups in total. The normalized spacial score (nSPS) is 45.9. The van der Waals surface area contributed by atoms with Crippen molar-refractivity contribution in [1.82, 2.24) is 0 Å². The van der Waals surface area contributed by atoms with Crippen LogP contribution in [0.2, 0.25) is 0 Å². The Balaban J connectivity index is 1.22. The van der Waals surface area contributed by atoms with Crippen LogP contribution in [0.5, 0.6) is 5.75 Å². The average Bonchev–Trinajstić information content (AvgIpc) is 3.50. The van der Waals surface area contributed by atoms with Gasteiger partial charge in [-0.05, 0) is 105 Å². The van der Waals surface area contributed by atoms with E-state index >= 15 is 0 Å². The summed E-state index contributed by atoms with van der Waals surface area (Å²) in [5.74, 6) is 2.04. The summed E-state index contributed by atoms with van der Waals surface area (Å²) in [6, 6.07) is 8.69. The van der Waals surface area contributed by atoms with Gasteiger partial charge in [0, 0.05) is 24.7 Å². The molecule has 3 unspecified atom stereocenters. The molecular weight excluding hydrogens is 504 g/mol. The maximum atomic E-state index is 12.3. The van der Waals surface area contributed by atoms with Gasteiger partial charge in [0.2, 0.25) is 0 Å². The second kappa shape index (κ2) is 10.1. The summed E-state index contributed by atoms with van der Waals surface area (Å²) in [5, 5.41) is 24.3. The van der Waals surface area contributed by atoms with Crippen molar-refractivity contribution in [3.8, 4) is 5.75 Å². The van der Waals surface area contributed by atoms with E-state index in [2.05, 4.69) is 37.8 Å². The number of ether oxygens (including phenoxy) is 4. The third kappa shape index (κ3) is 4.31. The number of aliphatic hydroxyl groups is 2. The Hall–Kier alpha value is -1.44. The van der Waals surface area contributed by atoms with Gasteiger partial charge in [0.25, 0.3) is 0 Å². The van der Waals surface area contributed by atoms with Crippen LogP contribution in [0.4, 0.5) is 0 Å². The predicted molar refractivity (Wildman–Crippen MR) is 152 cm³/mol. The Morgan fingerprint density at radius 1 is 0.950 bits per heavy atom. The fourth-order valence-corrected chi connectivity index (χ4v) is 10.5. The summed E-state index contributed by atoms with van der Waals surface area (Å²) in [6.45, 7) is 8.38. The minimum Gasteiger partial charge on any atom is -0.465 e. The van der Waals surface area contributed by atoms with Crippen molar-refractivity contribution in [3.05, 3.63) is 42.5 Å². The van der Waals surface area contributed by atoms with Crippen LogP contribution in [0.1, 0.15) is 95.5 Å². The molecule has 7 rings (SSSR count). The molecule has 2 heterocycles. The molecule has 220 valence electrons. The van der Waals surface area contributed by atoms with E-state index in [4.69, 9.17) is 18.9 Å². The van der Waals surface area contributed by atoms with Crippen molar-refractivity contribution in [2.75, 3.05) is 19.8 Å². The highest BCUT2D eigenvalue weighted by atomic mass is 16.7. The van der Waals surface area contributed by atoms with Crippen LogP contribution in [0, 0.1) is 29.1 Å². The largest absolute Gasteiger partial charge is 0.465 e. The number of hydrogen-bond acceptors (Lipinski definition) is 6. The van der Waals surface area contributed by atoms with Crippen molar-refractivity contribution in [2.45, 2.75) is 113 Å². The minimum atomic E-state index is -0.771. The molecule has 0 radical (unpaired) electrons. The molecule has 6 fully saturated rings. The lowest BCUT2D eigenvalue weighted by atomic mass is 9.44. The maximum Gasteiger partial charge on any atom is 0.199 e. The number of fused-ring (bicyclic) bond motifs is 5. The lowest BCUT2D eigenvalue weighted by Crippen LogP contribution is -2.62. The van der Waals surface area contributed by atoms with E-state index in [0.717, 1.165) is 76.6 Å². The monoisotopic (exact) mass is 552 g/mol. The summed E-state index contributed by atoms with van der Waals surface area (Å²) >= 11 is 0. The lowest BCUT2D eigenvalue weighted by molar-refractivity contribution is -0.260. The van der Waals surface area contributed by atoms with Crippen LogP contribution >= 0.6 is 0 Å². The van der Waals surface area contributed by atoms with Crippen LogP contribution < -0.4 is 4.74 Å². The van der Waals surface area contributed by atoms with Crippen LogP contribution in [-0.2, 0) is 14.2 Å². The summed E-state index contributed by atoms with van der Waals surface area (Å²) in [4.78, 5) is 0. The molecule has 0 bridgehead atoms. The summed E-state index contributed by atoms with van der Waals surface area (Å²) < 4.78 is 24.2. The second-order valence-electron chi connectivity index (χ2n) is 14.2. The first-order valence-electron chi connectivity index (χ1n) is 16.0. The fourth-order valence-electron chi connectivity index (χ4n) is 10.5. The topological polar surface area (TPSA) is 77.4 Å². The molecule has 2 aliphatic heterocycles. The van der Waals surface area contributed by atoms with Gasteiger partial charge in [0.1, 0.15) is 5.75 Å². The minimum absolute atomic E-state index is 0.159. The molecular formula is C34H48O6. The standard InChI is InChI=1S/C34H48O6/c1-3-14-33(36)16-12-27-25-11-15-32(35)22-34(38-19-20-39-34)17-13-28(32)30(25)26(21-31(27,33)2)23-7-9-24(10-8-23)40-29-6-4-5-18-37-29/h3,7-10,25-30,35-36H,1,4-6,11-22H2,2H3/t25-,26+,27-,28?,29?,30?,31-,32+,33-/m0/s1. The molecule has 6 aliphatic rings. The smallest absolute Gasteiger partial charge is 0.199 e. The molecule has 6 nitrogen and oxygen atoms in total. The molecule has 40 heavy (non-hydrogen) atoms. The molecule has 1 aromatic rings. The number of hydrogen-bond donors (Lipinski definition) is 2. The molecule has 6 heteroatoms. The van der Waals surface area contributed by atoms with Gasteiger partial charge < -0.3 is 29.2 Å². The summed E-state index contributed by atoms with van der Waals surface area (Å²) in [7, 11) is 0. The molecule has 0 aromatic heterocycles. The van der Waals surface area contributed by atoms with E-state index in [1.165, 1.54) is 5.56 Å². The van der Waals surface area contributed by atoms with Crippen LogP contribution in [0.25, 0.3) is 0 Å². The zero-order valence-corrected chi connectivity index (χ0v) is 24.2. The van der Waals surface area contributed by atoms with E-state index in [0.29, 0.717) is 43.8 Å². The first kappa shape index (κ1) is 27.4. The average molecular weight is 553 g/mol. The fraction of sp³-hybridized carbons (Fsp3) is 0.765. The summed E-state index contributed by atoms with van der Waals surface area (Å²) in [5.41, 5.74) is -0.369. The maximum absolute atomic E-state index is 12.3. The Labute approximate surface area is 239 Å². The van der Waals surface area contributed by atoms with Gasteiger partial charge in [-0.3, -0.25) is 0 Å². The van der Waals surface area contributed by atoms with Gasteiger partial charge in [-0.2, -0.15) is 0 Å². The van der Waals surface area contributed by atoms with E-state index in [9.17, 15) is 10.2 Å². The molecule has 4 saturated carbocycles. The van der Waals surface area contributed by atoms with E-state index in [1.54, 1.807) is 0 Å². The van der Waals surface area contributed by atoms with Gasteiger partial charge in [-0.1, -0.05) is 25.1 Å². The van der Waals surface area contributed by atoms with E-state index in [-0.39, 0.29) is 23.5 Å². The van der Waals surface area contributed by atoms with Gasteiger partial charge >= 0.3 is 0 Å². The zero-order valence-electron chi connectivity index (χ0n) is 24.2. The van der Waals surface area contributed by atoms with Gasteiger partial charge in [-0.25, -0.2) is 0 Å². The van der Waals surface area contributed by atoms with Crippen molar-refractivity contribution in [1.29, 1.82) is 0 Å². The van der Waals surface area contributed by atoms with Crippen molar-refractivity contribution in [3.63, 3.8) is 0 Å². The zero-order chi connectivity index (χ0) is 27.6.